The fraction of sp³-hybridized carbons (Fsp3) is 0.938. The molecule has 5 unspecified atom stereocenters. The Labute approximate surface area is 116 Å². The largest absolute Gasteiger partial charge is 0.342 e. The molecule has 3 rings (SSSR count). The summed E-state index contributed by atoms with van der Waals surface area (Å²) in [6, 6.07) is 0.326. The first-order valence-electron chi connectivity index (χ1n) is 8.19. The molecule has 3 aliphatic rings. The van der Waals surface area contributed by atoms with Gasteiger partial charge in [-0.05, 0) is 49.9 Å². The Hall–Kier alpha value is -0.570. The number of carbonyl (C=O) groups is 1. The summed E-state index contributed by atoms with van der Waals surface area (Å²) in [5.41, 5.74) is 6.07. The summed E-state index contributed by atoms with van der Waals surface area (Å²) in [7, 11) is 0. The van der Waals surface area contributed by atoms with Gasteiger partial charge in [-0.2, -0.15) is 0 Å². The molecular weight excluding hydrogens is 236 g/mol. The first-order valence-corrected chi connectivity index (χ1v) is 8.19. The van der Waals surface area contributed by atoms with E-state index in [0.29, 0.717) is 17.9 Å². The zero-order chi connectivity index (χ0) is 13.4. The van der Waals surface area contributed by atoms with Gasteiger partial charge in [0.2, 0.25) is 5.91 Å². The molecule has 1 heterocycles. The molecule has 2 N–H and O–H groups in total. The van der Waals surface area contributed by atoms with Gasteiger partial charge in [0.1, 0.15) is 0 Å². The van der Waals surface area contributed by atoms with Gasteiger partial charge in [0, 0.05) is 25.0 Å². The summed E-state index contributed by atoms with van der Waals surface area (Å²) in [6.07, 6.45) is 8.66. The lowest BCUT2D eigenvalue weighted by atomic mass is 9.78. The fourth-order valence-corrected chi connectivity index (χ4v) is 4.63. The fourth-order valence-electron chi connectivity index (χ4n) is 4.63. The molecule has 3 nitrogen and oxygen atoms in total. The Morgan fingerprint density at radius 3 is 2.37 bits per heavy atom. The number of likely N-dealkylation sites (tertiary alicyclic amines) is 1. The van der Waals surface area contributed by atoms with E-state index in [1.165, 1.54) is 32.1 Å². The van der Waals surface area contributed by atoms with Crippen LogP contribution in [0.2, 0.25) is 0 Å². The summed E-state index contributed by atoms with van der Waals surface area (Å²) in [5.74, 6) is 2.74. The average molecular weight is 264 g/mol. The van der Waals surface area contributed by atoms with Crippen LogP contribution in [0, 0.1) is 23.7 Å². The van der Waals surface area contributed by atoms with Crippen LogP contribution in [0.1, 0.15) is 51.9 Å². The maximum absolute atomic E-state index is 12.7. The normalized spacial score (nSPS) is 40.2. The Kier molecular flexibility index (Phi) is 3.84. The van der Waals surface area contributed by atoms with E-state index in [0.717, 1.165) is 37.8 Å². The molecule has 0 aromatic carbocycles. The van der Waals surface area contributed by atoms with Crippen LogP contribution >= 0.6 is 0 Å². The highest BCUT2D eigenvalue weighted by molar-refractivity contribution is 5.79. The third-order valence-electron chi connectivity index (χ3n) is 5.89. The van der Waals surface area contributed by atoms with E-state index in [1.807, 2.05) is 0 Å². The first kappa shape index (κ1) is 13.4. The predicted molar refractivity (Wildman–Crippen MR) is 76.5 cm³/mol. The van der Waals surface area contributed by atoms with Crippen molar-refractivity contribution in [1.29, 1.82) is 0 Å². The van der Waals surface area contributed by atoms with Crippen molar-refractivity contribution < 1.29 is 4.79 Å². The summed E-state index contributed by atoms with van der Waals surface area (Å²) < 4.78 is 0. The van der Waals surface area contributed by atoms with E-state index in [9.17, 15) is 4.79 Å². The first-order chi connectivity index (χ1) is 9.15. The molecule has 1 saturated heterocycles. The Bertz CT molecular complexity index is 332. The lowest BCUT2D eigenvalue weighted by Gasteiger charge is -2.32. The molecule has 3 fully saturated rings. The smallest absolute Gasteiger partial charge is 0.225 e. The van der Waals surface area contributed by atoms with Crippen LogP contribution in [0.5, 0.6) is 0 Å². The Morgan fingerprint density at radius 1 is 1.11 bits per heavy atom. The third kappa shape index (κ3) is 2.67. The maximum atomic E-state index is 12.7. The van der Waals surface area contributed by atoms with Gasteiger partial charge >= 0.3 is 0 Å². The molecule has 3 heteroatoms. The summed E-state index contributed by atoms with van der Waals surface area (Å²) >= 11 is 0. The van der Waals surface area contributed by atoms with Crippen molar-refractivity contribution in [2.75, 3.05) is 13.1 Å². The molecule has 1 aliphatic heterocycles. The molecule has 108 valence electrons. The second kappa shape index (κ2) is 5.43. The highest BCUT2D eigenvalue weighted by atomic mass is 16.2. The Morgan fingerprint density at radius 2 is 1.74 bits per heavy atom. The molecule has 2 saturated carbocycles. The lowest BCUT2D eigenvalue weighted by Crippen LogP contribution is -2.40. The molecule has 19 heavy (non-hydrogen) atoms. The second-order valence-corrected chi connectivity index (χ2v) is 7.17. The van der Waals surface area contributed by atoms with Crippen molar-refractivity contribution in [3.63, 3.8) is 0 Å². The standard InChI is InChI=1S/C16H28N2O/c1-11(12-4-3-7-15(17)8-12)16(19)18-9-13-5-2-6-14(13)10-18/h11-15H,2-10,17H2,1H3. The van der Waals surface area contributed by atoms with Crippen molar-refractivity contribution in [2.24, 2.45) is 29.4 Å². The lowest BCUT2D eigenvalue weighted by molar-refractivity contribution is -0.136. The molecular formula is C16H28N2O. The van der Waals surface area contributed by atoms with Crippen molar-refractivity contribution in [3.05, 3.63) is 0 Å². The monoisotopic (exact) mass is 264 g/mol. The minimum atomic E-state index is 0.185. The van der Waals surface area contributed by atoms with E-state index >= 15 is 0 Å². The van der Waals surface area contributed by atoms with Gasteiger partial charge in [0.05, 0.1) is 0 Å². The topological polar surface area (TPSA) is 46.3 Å². The van der Waals surface area contributed by atoms with Crippen LogP contribution in [0.3, 0.4) is 0 Å². The minimum absolute atomic E-state index is 0.185. The van der Waals surface area contributed by atoms with Gasteiger partial charge in [-0.15, -0.1) is 0 Å². The van der Waals surface area contributed by atoms with E-state index in [4.69, 9.17) is 5.73 Å². The number of rotatable bonds is 2. The van der Waals surface area contributed by atoms with Crippen molar-refractivity contribution in [3.8, 4) is 0 Å². The Balaban J connectivity index is 1.57. The van der Waals surface area contributed by atoms with Crippen molar-refractivity contribution in [2.45, 2.75) is 57.9 Å². The molecule has 2 aliphatic carbocycles. The van der Waals surface area contributed by atoms with Crippen LogP contribution in [0.15, 0.2) is 0 Å². The van der Waals surface area contributed by atoms with E-state index < -0.39 is 0 Å². The van der Waals surface area contributed by atoms with Crippen LogP contribution in [0.25, 0.3) is 0 Å². The van der Waals surface area contributed by atoms with Gasteiger partial charge in [-0.25, -0.2) is 0 Å². The number of fused-ring (bicyclic) bond motifs is 1. The maximum Gasteiger partial charge on any atom is 0.225 e. The second-order valence-electron chi connectivity index (χ2n) is 7.17. The highest BCUT2D eigenvalue weighted by Gasteiger charge is 2.40. The number of amides is 1. The molecule has 0 spiro atoms. The van der Waals surface area contributed by atoms with Crippen LogP contribution in [-0.4, -0.2) is 29.9 Å². The zero-order valence-corrected chi connectivity index (χ0v) is 12.2. The SMILES string of the molecule is CC(C(=O)N1CC2CCCC2C1)C1CCCC(N)C1. The highest BCUT2D eigenvalue weighted by Crippen LogP contribution is 2.39. The van der Waals surface area contributed by atoms with E-state index in [-0.39, 0.29) is 5.92 Å². The molecule has 1 amide bonds. The van der Waals surface area contributed by atoms with Gasteiger partial charge in [0.15, 0.2) is 0 Å². The van der Waals surface area contributed by atoms with E-state index in [2.05, 4.69) is 11.8 Å². The van der Waals surface area contributed by atoms with Gasteiger partial charge in [-0.3, -0.25) is 4.79 Å². The third-order valence-corrected chi connectivity index (χ3v) is 5.89. The molecule has 0 aromatic rings. The van der Waals surface area contributed by atoms with Gasteiger partial charge in [0.25, 0.3) is 0 Å². The van der Waals surface area contributed by atoms with Gasteiger partial charge < -0.3 is 10.6 Å². The summed E-state index contributed by atoms with van der Waals surface area (Å²) in [5, 5.41) is 0. The number of nitrogens with zero attached hydrogens (tertiary/aromatic N) is 1. The number of hydrogen-bond acceptors (Lipinski definition) is 2. The zero-order valence-electron chi connectivity index (χ0n) is 12.2. The molecule has 5 atom stereocenters. The van der Waals surface area contributed by atoms with Crippen LogP contribution in [0.4, 0.5) is 0 Å². The summed E-state index contributed by atoms with van der Waals surface area (Å²) in [4.78, 5) is 14.8. The predicted octanol–water partition coefficient (Wildman–Crippen LogP) is 2.40. The number of nitrogens with two attached hydrogens (primary N) is 1. The summed E-state index contributed by atoms with van der Waals surface area (Å²) in [6.45, 7) is 4.21. The van der Waals surface area contributed by atoms with Gasteiger partial charge in [-0.1, -0.05) is 19.8 Å². The van der Waals surface area contributed by atoms with Crippen LogP contribution in [-0.2, 0) is 4.79 Å². The van der Waals surface area contributed by atoms with Crippen molar-refractivity contribution in [1.82, 2.24) is 4.90 Å². The van der Waals surface area contributed by atoms with E-state index in [1.54, 1.807) is 0 Å². The number of hydrogen-bond donors (Lipinski definition) is 1. The molecule has 0 aromatic heterocycles. The minimum Gasteiger partial charge on any atom is -0.342 e. The molecule has 0 bridgehead atoms. The van der Waals surface area contributed by atoms with Crippen molar-refractivity contribution >= 4 is 5.91 Å². The molecule has 0 radical (unpaired) electrons. The quantitative estimate of drug-likeness (QED) is 0.832. The number of carbonyl (C=O) groups excluding carboxylic acids is 1. The average Bonchev–Trinajstić information content (AvgIpc) is 2.97. The van der Waals surface area contributed by atoms with Crippen LogP contribution < -0.4 is 5.73 Å².